The zero-order valence-electron chi connectivity index (χ0n) is 18.6. The Labute approximate surface area is 196 Å². The lowest BCUT2D eigenvalue weighted by Gasteiger charge is -2.32. The molecule has 2 aliphatic rings. The predicted molar refractivity (Wildman–Crippen MR) is 127 cm³/mol. The van der Waals surface area contributed by atoms with E-state index in [0.717, 1.165) is 39.8 Å². The largest absolute Gasteiger partial charge is 0.383 e. The molecule has 3 heterocycles. The van der Waals surface area contributed by atoms with E-state index in [1.165, 1.54) is 0 Å². The van der Waals surface area contributed by atoms with E-state index in [4.69, 9.17) is 10.5 Å². The second-order valence-electron chi connectivity index (χ2n) is 8.67. The molecule has 0 radical (unpaired) electrons. The molecule has 176 valence electrons. The number of amides is 1. The van der Waals surface area contributed by atoms with Gasteiger partial charge in [0.15, 0.2) is 0 Å². The number of anilines is 1. The van der Waals surface area contributed by atoms with Crippen LogP contribution in [-0.2, 0) is 11.2 Å². The summed E-state index contributed by atoms with van der Waals surface area (Å²) in [5.41, 5.74) is 12.5. The van der Waals surface area contributed by atoms with Crippen LogP contribution < -0.4 is 11.1 Å². The van der Waals surface area contributed by atoms with Gasteiger partial charge in [-0.2, -0.15) is 0 Å². The first-order chi connectivity index (χ1) is 16.5. The first kappa shape index (κ1) is 22.4. The Morgan fingerprint density at radius 3 is 2.68 bits per heavy atom. The summed E-state index contributed by atoms with van der Waals surface area (Å²) in [5, 5.41) is 2.86. The number of aromatic nitrogens is 1. The Hall–Kier alpha value is -3.36. The van der Waals surface area contributed by atoms with Gasteiger partial charge in [0.1, 0.15) is 5.82 Å². The topological polar surface area (TPSA) is 80.5 Å². The third kappa shape index (κ3) is 4.64. The van der Waals surface area contributed by atoms with E-state index in [1.807, 2.05) is 48.5 Å². The minimum absolute atomic E-state index is 0.0491. The van der Waals surface area contributed by atoms with Crippen molar-refractivity contribution in [3.8, 4) is 22.3 Å². The van der Waals surface area contributed by atoms with E-state index in [0.29, 0.717) is 37.6 Å². The molecular weight excluding hydrogens is 438 g/mol. The van der Waals surface area contributed by atoms with Crippen molar-refractivity contribution in [3.05, 3.63) is 71.4 Å². The van der Waals surface area contributed by atoms with Gasteiger partial charge in [-0.3, -0.25) is 9.69 Å². The van der Waals surface area contributed by atoms with Crippen LogP contribution in [0.1, 0.15) is 27.6 Å². The average molecular weight is 465 g/mol. The number of carbonyl (C=O) groups excluding carboxylic acids is 1. The fourth-order valence-corrected chi connectivity index (χ4v) is 4.62. The number of nitrogens with one attached hydrogen (secondary N) is 1. The van der Waals surface area contributed by atoms with Gasteiger partial charge in [-0.15, -0.1) is 0 Å². The van der Waals surface area contributed by atoms with Crippen molar-refractivity contribution >= 4 is 11.7 Å². The molecule has 6 nitrogen and oxygen atoms in total. The Kier molecular flexibility index (Phi) is 6.26. The molecule has 0 saturated carbocycles. The van der Waals surface area contributed by atoms with Gasteiger partial charge < -0.3 is 15.8 Å². The van der Waals surface area contributed by atoms with Crippen molar-refractivity contribution in [3.63, 3.8) is 0 Å². The summed E-state index contributed by atoms with van der Waals surface area (Å²) in [7, 11) is 0. The van der Waals surface area contributed by atoms with Crippen LogP contribution >= 0.6 is 0 Å². The zero-order chi connectivity index (χ0) is 23.7. The monoisotopic (exact) mass is 464 g/mol. The Bertz CT molecular complexity index is 1200. The molecule has 8 heteroatoms. The highest BCUT2D eigenvalue weighted by molar-refractivity contribution is 5.97. The molecule has 0 aliphatic carbocycles. The highest BCUT2D eigenvalue weighted by atomic mass is 19.3. The second kappa shape index (κ2) is 9.48. The first-order valence-corrected chi connectivity index (χ1v) is 11.4. The van der Waals surface area contributed by atoms with Gasteiger partial charge in [-0.1, -0.05) is 36.4 Å². The molecule has 2 aliphatic heterocycles. The minimum atomic E-state index is -2.35. The normalized spacial score (nSPS) is 18.6. The lowest BCUT2D eigenvalue weighted by atomic mass is 9.94. The van der Waals surface area contributed by atoms with Crippen LogP contribution in [0.25, 0.3) is 22.3 Å². The summed E-state index contributed by atoms with van der Waals surface area (Å²) >= 11 is 0. The fourth-order valence-electron chi connectivity index (χ4n) is 4.62. The van der Waals surface area contributed by atoms with Gasteiger partial charge in [0.05, 0.1) is 19.3 Å². The lowest BCUT2D eigenvalue weighted by molar-refractivity contribution is -0.0461. The number of nitrogens with two attached hydrogens (primary N) is 1. The van der Waals surface area contributed by atoms with E-state index >= 15 is 0 Å². The Morgan fingerprint density at radius 1 is 1.09 bits per heavy atom. The third-order valence-corrected chi connectivity index (χ3v) is 6.42. The third-order valence-electron chi connectivity index (χ3n) is 6.42. The summed E-state index contributed by atoms with van der Waals surface area (Å²) < 4.78 is 31.3. The zero-order valence-corrected chi connectivity index (χ0v) is 18.6. The molecule has 3 aromatic rings. The highest BCUT2D eigenvalue weighted by Crippen LogP contribution is 2.32. The van der Waals surface area contributed by atoms with Gasteiger partial charge in [0.25, 0.3) is 12.3 Å². The van der Waals surface area contributed by atoms with Gasteiger partial charge in [0.2, 0.25) is 0 Å². The maximum absolute atomic E-state index is 12.8. The molecule has 1 saturated heterocycles. The molecule has 1 amide bonds. The number of carbonyl (C=O) groups is 1. The van der Waals surface area contributed by atoms with Gasteiger partial charge in [-0.05, 0) is 40.8 Å². The molecule has 1 unspecified atom stereocenters. The number of hydrogen-bond donors (Lipinski definition) is 2. The molecule has 0 bridgehead atoms. The van der Waals surface area contributed by atoms with E-state index in [9.17, 15) is 13.6 Å². The molecular formula is C26H26F2N4O2. The van der Waals surface area contributed by atoms with Crippen LogP contribution in [0, 0.1) is 0 Å². The molecule has 1 aromatic heterocycles. The van der Waals surface area contributed by atoms with Crippen molar-refractivity contribution < 1.29 is 18.3 Å². The maximum atomic E-state index is 12.8. The van der Waals surface area contributed by atoms with Crippen LogP contribution in [-0.4, -0.2) is 55.0 Å². The van der Waals surface area contributed by atoms with Crippen molar-refractivity contribution in [2.75, 3.05) is 38.5 Å². The number of fused-ring (bicyclic) bond motifs is 1. The van der Waals surface area contributed by atoms with E-state index in [1.54, 1.807) is 11.1 Å². The SMILES string of the molecule is Nc1ncc(-c2ccc(C3CN(CC(F)F)CCO3)cc2)cc1-c1ccc2c(c1)CCNC2=O. The smallest absolute Gasteiger partial charge is 0.251 e. The van der Waals surface area contributed by atoms with Gasteiger partial charge in [0, 0.05) is 42.5 Å². The van der Waals surface area contributed by atoms with Crippen LogP contribution in [0.4, 0.5) is 14.6 Å². The summed E-state index contributed by atoms with van der Waals surface area (Å²) in [6.45, 7) is 1.80. The Morgan fingerprint density at radius 2 is 1.88 bits per heavy atom. The number of hydrogen-bond acceptors (Lipinski definition) is 5. The van der Waals surface area contributed by atoms with Crippen molar-refractivity contribution in [2.45, 2.75) is 19.0 Å². The summed E-state index contributed by atoms with van der Waals surface area (Å²) in [6, 6.07) is 15.7. The number of nitrogen functional groups attached to an aromatic ring is 1. The number of halogens is 2. The maximum Gasteiger partial charge on any atom is 0.251 e. The van der Waals surface area contributed by atoms with E-state index in [2.05, 4.69) is 10.3 Å². The fraction of sp³-hybridized carbons (Fsp3) is 0.308. The van der Waals surface area contributed by atoms with E-state index < -0.39 is 6.43 Å². The summed E-state index contributed by atoms with van der Waals surface area (Å²) in [4.78, 5) is 18.2. The van der Waals surface area contributed by atoms with Gasteiger partial charge >= 0.3 is 0 Å². The van der Waals surface area contributed by atoms with Crippen molar-refractivity contribution in [2.24, 2.45) is 0 Å². The molecule has 2 aromatic carbocycles. The molecule has 3 N–H and O–H groups in total. The first-order valence-electron chi connectivity index (χ1n) is 11.4. The Balaban J connectivity index is 1.38. The number of alkyl halides is 2. The van der Waals surface area contributed by atoms with Crippen LogP contribution in [0.2, 0.25) is 0 Å². The van der Waals surface area contributed by atoms with Crippen molar-refractivity contribution in [1.29, 1.82) is 0 Å². The number of rotatable bonds is 5. The molecule has 1 atom stereocenters. The second-order valence-corrected chi connectivity index (χ2v) is 8.67. The number of ether oxygens (including phenoxy) is 1. The average Bonchev–Trinajstić information content (AvgIpc) is 2.84. The summed E-state index contributed by atoms with van der Waals surface area (Å²) in [5.74, 6) is 0.377. The van der Waals surface area contributed by atoms with Crippen LogP contribution in [0.15, 0.2) is 54.7 Å². The van der Waals surface area contributed by atoms with Crippen LogP contribution in [0.5, 0.6) is 0 Å². The number of nitrogens with zero attached hydrogens (tertiary/aromatic N) is 2. The predicted octanol–water partition coefficient (Wildman–Crippen LogP) is 3.92. The van der Waals surface area contributed by atoms with Crippen molar-refractivity contribution in [1.82, 2.24) is 15.2 Å². The molecule has 0 spiro atoms. The van der Waals surface area contributed by atoms with Gasteiger partial charge in [-0.25, -0.2) is 13.8 Å². The highest BCUT2D eigenvalue weighted by Gasteiger charge is 2.24. The molecule has 34 heavy (non-hydrogen) atoms. The number of pyridine rings is 1. The number of benzene rings is 2. The standard InChI is InChI=1S/C26H26F2N4O2/c27-24(28)15-32-9-10-34-23(14-32)17-3-1-16(2-4-17)20-12-22(25(29)31-13-20)18-5-6-21-19(11-18)7-8-30-26(21)33/h1-6,11-13,23-24H,7-10,14-15H2,(H2,29,31)(H,30,33). The van der Waals surface area contributed by atoms with Crippen LogP contribution in [0.3, 0.4) is 0 Å². The number of morpholine rings is 1. The van der Waals surface area contributed by atoms with E-state index in [-0.39, 0.29) is 18.6 Å². The quantitative estimate of drug-likeness (QED) is 0.598. The minimum Gasteiger partial charge on any atom is -0.383 e. The summed E-state index contributed by atoms with van der Waals surface area (Å²) in [6.07, 6.45) is -0.0577. The molecule has 1 fully saturated rings. The lowest BCUT2D eigenvalue weighted by Crippen LogP contribution is -2.40. The molecule has 5 rings (SSSR count).